The summed E-state index contributed by atoms with van der Waals surface area (Å²) in [7, 11) is 0. The Labute approximate surface area is 164 Å². The summed E-state index contributed by atoms with van der Waals surface area (Å²) < 4.78 is 7.00. The molecule has 0 fully saturated rings. The largest absolute Gasteiger partial charge is 0.503 e. The molecule has 0 aliphatic rings. The third-order valence-electron chi connectivity index (χ3n) is 3.57. The number of hydrogen-bond donors (Lipinski definition) is 2. The number of phenolic OH excluding ortho intramolecular Hbond substituents is 1. The predicted octanol–water partition coefficient (Wildman–Crippen LogP) is 3.20. The second-order valence-electron chi connectivity index (χ2n) is 5.21. The summed E-state index contributed by atoms with van der Waals surface area (Å²) in [6.07, 6.45) is 1.34. The van der Waals surface area contributed by atoms with Gasteiger partial charge in [-0.25, -0.2) is 4.79 Å². The van der Waals surface area contributed by atoms with Gasteiger partial charge in [0.15, 0.2) is 11.5 Å². The highest BCUT2D eigenvalue weighted by Gasteiger charge is 2.14. The summed E-state index contributed by atoms with van der Waals surface area (Å²) >= 11 is 6.60. The first-order chi connectivity index (χ1) is 12.4. The van der Waals surface area contributed by atoms with E-state index >= 15 is 0 Å². The molecule has 0 saturated carbocycles. The lowest BCUT2D eigenvalue weighted by Crippen LogP contribution is -2.32. The molecule has 0 radical (unpaired) electrons. The van der Waals surface area contributed by atoms with Gasteiger partial charge in [0.1, 0.15) is 0 Å². The van der Waals surface area contributed by atoms with Crippen LogP contribution in [0.5, 0.6) is 11.5 Å². The minimum atomic E-state index is -0.649. The van der Waals surface area contributed by atoms with E-state index < -0.39 is 11.2 Å². The summed E-state index contributed by atoms with van der Waals surface area (Å²) in [6, 6.07) is 8.25. The number of aromatic nitrogens is 2. The molecule has 0 aliphatic carbocycles. The third-order valence-corrected chi connectivity index (χ3v) is 5.73. The molecule has 0 atom stereocenters. The van der Waals surface area contributed by atoms with Gasteiger partial charge in [-0.1, -0.05) is 12.1 Å². The van der Waals surface area contributed by atoms with Crippen LogP contribution in [0.3, 0.4) is 0 Å². The minimum Gasteiger partial charge on any atom is -0.503 e. The van der Waals surface area contributed by atoms with Crippen LogP contribution in [0.4, 0.5) is 0 Å². The van der Waals surface area contributed by atoms with Crippen LogP contribution >= 0.6 is 31.9 Å². The fraction of sp³-hybridized carbons (Fsp3) is 0.118. The second kappa shape index (κ2) is 7.46. The van der Waals surface area contributed by atoms with Crippen LogP contribution in [0.1, 0.15) is 12.5 Å². The van der Waals surface area contributed by atoms with E-state index in [9.17, 15) is 14.7 Å². The smallest absolute Gasteiger partial charge is 0.349 e. The molecule has 0 unspecified atom stereocenters. The molecule has 0 aliphatic heterocycles. The zero-order chi connectivity index (χ0) is 18.8. The number of nitrogens with zero attached hydrogens (tertiary/aromatic N) is 2. The zero-order valence-corrected chi connectivity index (χ0v) is 16.7. The maximum Gasteiger partial charge on any atom is 0.349 e. The Bertz CT molecular complexity index is 1140. The number of aromatic amines is 1. The molecule has 0 amide bonds. The van der Waals surface area contributed by atoms with E-state index in [0.29, 0.717) is 32.0 Å². The van der Waals surface area contributed by atoms with Crippen LogP contribution in [0.25, 0.3) is 10.9 Å². The van der Waals surface area contributed by atoms with Crippen LogP contribution in [-0.2, 0) is 0 Å². The third kappa shape index (κ3) is 3.32. The summed E-state index contributed by atoms with van der Waals surface area (Å²) in [5.41, 5.74) is -0.220. The number of H-pyrrole nitrogens is 1. The predicted molar refractivity (Wildman–Crippen MR) is 106 cm³/mol. The van der Waals surface area contributed by atoms with Crippen molar-refractivity contribution in [2.45, 2.75) is 6.92 Å². The SMILES string of the molecule is CCOc1cc(/C=N/n2c(=O)[nH]c3ccccc3c2=O)c(Br)c(Br)c1O. The molecule has 9 heteroatoms. The van der Waals surface area contributed by atoms with Crippen LogP contribution in [-0.4, -0.2) is 27.6 Å². The highest BCUT2D eigenvalue weighted by atomic mass is 79.9. The number of para-hydroxylation sites is 1. The van der Waals surface area contributed by atoms with Gasteiger partial charge in [0.05, 0.1) is 28.2 Å². The fourth-order valence-electron chi connectivity index (χ4n) is 2.35. The van der Waals surface area contributed by atoms with Crippen molar-refractivity contribution in [3.63, 3.8) is 0 Å². The number of hydrogen-bond acceptors (Lipinski definition) is 5. The Hall–Kier alpha value is -2.39. The van der Waals surface area contributed by atoms with Crippen molar-refractivity contribution in [3.8, 4) is 11.5 Å². The lowest BCUT2D eigenvalue weighted by atomic mass is 10.2. The van der Waals surface area contributed by atoms with Crippen LogP contribution in [0.2, 0.25) is 0 Å². The molecule has 0 bridgehead atoms. The fourth-order valence-corrected chi connectivity index (χ4v) is 3.18. The Morgan fingerprint density at radius 1 is 1.27 bits per heavy atom. The van der Waals surface area contributed by atoms with Crippen molar-refractivity contribution in [3.05, 3.63) is 65.7 Å². The molecular formula is C17H13Br2N3O4. The average Bonchev–Trinajstić information content (AvgIpc) is 2.63. The lowest BCUT2D eigenvalue weighted by molar-refractivity contribution is 0.317. The van der Waals surface area contributed by atoms with Crippen LogP contribution in [0.15, 0.2) is 54.0 Å². The van der Waals surface area contributed by atoms with Crippen molar-refractivity contribution in [2.24, 2.45) is 5.10 Å². The summed E-state index contributed by atoms with van der Waals surface area (Å²) in [5.74, 6) is 0.195. The standard InChI is InChI=1S/C17H13Br2N3O4/c1-2-26-12-7-9(13(18)14(19)15(12)23)8-20-22-16(24)10-5-3-4-6-11(10)21-17(22)25/h3-8,23H,2H2,1H3,(H,21,25)/b20-8+. The number of halogens is 2. The van der Waals surface area contributed by atoms with E-state index in [1.165, 1.54) is 6.21 Å². The van der Waals surface area contributed by atoms with E-state index in [2.05, 4.69) is 41.9 Å². The maximum absolute atomic E-state index is 12.5. The molecule has 3 rings (SSSR count). The van der Waals surface area contributed by atoms with Gasteiger partial charge in [-0.15, -0.1) is 4.68 Å². The van der Waals surface area contributed by atoms with Crippen molar-refractivity contribution < 1.29 is 9.84 Å². The quantitative estimate of drug-likeness (QED) is 0.558. The molecule has 2 N–H and O–H groups in total. The number of phenols is 1. The summed E-state index contributed by atoms with van der Waals surface area (Å²) in [4.78, 5) is 27.3. The number of benzene rings is 2. The minimum absolute atomic E-state index is 0.0587. The lowest BCUT2D eigenvalue weighted by Gasteiger charge is -2.10. The molecule has 3 aromatic rings. The molecule has 1 aromatic heterocycles. The highest BCUT2D eigenvalue weighted by molar-refractivity contribution is 9.13. The van der Waals surface area contributed by atoms with Gasteiger partial charge < -0.3 is 14.8 Å². The molecule has 1 heterocycles. The monoisotopic (exact) mass is 481 g/mol. The van der Waals surface area contributed by atoms with Gasteiger partial charge >= 0.3 is 5.69 Å². The first kappa shape index (κ1) is 18.4. The Kier molecular flexibility index (Phi) is 5.28. The number of fused-ring (bicyclic) bond motifs is 1. The normalized spacial score (nSPS) is 11.3. The van der Waals surface area contributed by atoms with Crippen LogP contribution < -0.4 is 16.0 Å². The van der Waals surface area contributed by atoms with E-state index in [1.807, 2.05) is 0 Å². The number of rotatable bonds is 4. The van der Waals surface area contributed by atoms with Gasteiger partial charge in [0.25, 0.3) is 5.56 Å². The van der Waals surface area contributed by atoms with E-state index in [4.69, 9.17) is 4.74 Å². The molecule has 134 valence electrons. The van der Waals surface area contributed by atoms with Crippen molar-refractivity contribution in [2.75, 3.05) is 6.61 Å². The van der Waals surface area contributed by atoms with Gasteiger partial charge in [-0.3, -0.25) is 4.79 Å². The molecule has 0 saturated heterocycles. The van der Waals surface area contributed by atoms with E-state index in [1.54, 1.807) is 37.3 Å². The number of nitrogens with one attached hydrogen (secondary N) is 1. The molecule has 7 nitrogen and oxygen atoms in total. The summed E-state index contributed by atoms with van der Waals surface area (Å²) in [6.45, 7) is 2.15. The van der Waals surface area contributed by atoms with E-state index in [-0.39, 0.29) is 11.5 Å². The molecular weight excluding hydrogens is 470 g/mol. The zero-order valence-electron chi connectivity index (χ0n) is 13.5. The second-order valence-corrected chi connectivity index (χ2v) is 6.80. The first-order valence-electron chi connectivity index (χ1n) is 7.56. The molecule has 26 heavy (non-hydrogen) atoms. The molecule has 2 aromatic carbocycles. The van der Waals surface area contributed by atoms with Gasteiger partial charge in [0.2, 0.25) is 0 Å². The molecule has 0 spiro atoms. The summed E-state index contributed by atoms with van der Waals surface area (Å²) in [5, 5.41) is 14.4. The number of ether oxygens (including phenoxy) is 1. The topological polar surface area (TPSA) is 96.7 Å². The first-order valence-corrected chi connectivity index (χ1v) is 9.14. The maximum atomic E-state index is 12.5. The van der Waals surface area contributed by atoms with Gasteiger partial charge in [0, 0.05) is 10.0 Å². The van der Waals surface area contributed by atoms with Crippen molar-refractivity contribution >= 4 is 49.0 Å². The highest BCUT2D eigenvalue weighted by Crippen LogP contribution is 2.41. The van der Waals surface area contributed by atoms with Crippen LogP contribution in [0, 0.1) is 0 Å². The van der Waals surface area contributed by atoms with Gasteiger partial charge in [-0.05, 0) is 57.0 Å². The van der Waals surface area contributed by atoms with Crippen molar-refractivity contribution in [1.82, 2.24) is 9.66 Å². The Morgan fingerprint density at radius 2 is 2.00 bits per heavy atom. The number of aromatic hydroxyl groups is 1. The average molecular weight is 483 g/mol. The Balaban J connectivity index is 2.13. The Morgan fingerprint density at radius 3 is 2.73 bits per heavy atom. The van der Waals surface area contributed by atoms with E-state index in [0.717, 1.165) is 4.68 Å². The van der Waals surface area contributed by atoms with Gasteiger partial charge in [-0.2, -0.15) is 5.10 Å². The van der Waals surface area contributed by atoms with Crippen molar-refractivity contribution in [1.29, 1.82) is 0 Å².